The molecule has 0 atom stereocenters. The highest BCUT2D eigenvalue weighted by Crippen LogP contribution is 2.31. The van der Waals surface area contributed by atoms with Crippen LogP contribution in [0, 0.1) is 14.9 Å². The SMILES string of the molecule is COc1cc(/C=N/NC(=O)COc2ccccc2C#N)cc(I)c1O. The summed E-state index contributed by atoms with van der Waals surface area (Å²) in [6, 6.07) is 11.9. The molecule has 25 heavy (non-hydrogen) atoms. The lowest BCUT2D eigenvalue weighted by Gasteiger charge is -2.07. The molecule has 0 unspecified atom stereocenters. The molecule has 128 valence electrons. The number of carbonyl (C=O) groups excluding carboxylic acids is 1. The van der Waals surface area contributed by atoms with Crippen molar-refractivity contribution in [3.05, 3.63) is 51.1 Å². The Balaban J connectivity index is 1.93. The molecule has 0 aliphatic heterocycles. The van der Waals surface area contributed by atoms with Gasteiger partial charge in [-0.25, -0.2) is 5.43 Å². The maximum absolute atomic E-state index is 11.8. The van der Waals surface area contributed by atoms with Crippen molar-refractivity contribution >= 4 is 34.7 Å². The van der Waals surface area contributed by atoms with Crippen LogP contribution >= 0.6 is 22.6 Å². The van der Waals surface area contributed by atoms with Gasteiger partial charge in [0.1, 0.15) is 11.8 Å². The highest BCUT2D eigenvalue weighted by molar-refractivity contribution is 14.1. The molecule has 1 amide bonds. The van der Waals surface area contributed by atoms with Crippen LogP contribution in [-0.4, -0.2) is 30.9 Å². The standard InChI is InChI=1S/C17H14IN3O4/c1-24-15-7-11(6-13(18)17(15)23)9-20-21-16(22)10-25-14-5-3-2-4-12(14)8-19/h2-7,9,23H,10H2,1H3,(H,21,22)/b20-9+. The molecule has 0 radical (unpaired) electrons. The first-order valence-electron chi connectivity index (χ1n) is 7.05. The number of rotatable bonds is 6. The summed E-state index contributed by atoms with van der Waals surface area (Å²) in [6.07, 6.45) is 1.42. The van der Waals surface area contributed by atoms with Crippen molar-refractivity contribution in [3.63, 3.8) is 0 Å². The topological polar surface area (TPSA) is 104 Å². The third-order valence-corrected chi connectivity index (χ3v) is 3.86. The van der Waals surface area contributed by atoms with Crippen LogP contribution in [0.1, 0.15) is 11.1 Å². The molecule has 2 aromatic carbocycles. The Labute approximate surface area is 158 Å². The van der Waals surface area contributed by atoms with Gasteiger partial charge in [0.05, 0.1) is 22.5 Å². The molecule has 0 bridgehead atoms. The summed E-state index contributed by atoms with van der Waals surface area (Å²) in [5, 5.41) is 22.6. The maximum atomic E-state index is 11.8. The first-order chi connectivity index (χ1) is 12.0. The van der Waals surface area contributed by atoms with Crippen LogP contribution in [0.4, 0.5) is 0 Å². The third kappa shape index (κ3) is 5.09. The third-order valence-electron chi connectivity index (χ3n) is 3.04. The fourth-order valence-electron chi connectivity index (χ4n) is 1.86. The second-order valence-corrected chi connectivity index (χ2v) is 5.91. The lowest BCUT2D eigenvalue weighted by Crippen LogP contribution is -2.24. The minimum Gasteiger partial charge on any atom is -0.504 e. The number of hydrogen-bond acceptors (Lipinski definition) is 6. The second kappa shape index (κ2) is 8.89. The van der Waals surface area contributed by atoms with Gasteiger partial charge < -0.3 is 14.6 Å². The van der Waals surface area contributed by atoms with E-state index in [1.54, 1.807) is 36.4 Å². The Morgan fingerprint density at radius 1 is 1.40 bits per heavy atom. The molecule has 0 spiro atoms. The summed E-state index contributed by atoms with van der Waals surface area (Å²) in [5.74, 6) is 0.233. The molecule has 0 saturated carbocycles. The zero-order chi connectivity index (χ0) is 18.2. The minimum atomic E-state index is -0.468. The van der Waals surface area contributed by atoms with Crippen LogP contribution in [0.3, 0.4) is 0 Å². The molecular weight excluding hydrogens is 437 g/mol. The molecule has 0 saturated heterocycles. The van der Waals surface area contributed by atoms with Crippen LogP contribution < -0.4 is 14.9 Å². The van der Waals surface area contributed by atoms with Crippen LogP contribution in [0.2, 0.25) is 0 Å². The molecule has 0 heterocycles. The number of methoxy groups -OCH3 is 1. The van der Waals surface area contributed by atoms with Crippen molar-refractivity contribution in [1.29, 1.82) is 5.26 Å². The number of phenols is 1. The van der Waals surface area contributed by atoms with Gasteiger partial charge >= 0.3 is 0 Å². The van der Waals surface area contributed by atoms with Crippen LogP contribution in [-0.2, 0) is 4.79 Å². The number of hydrazone groups is 1. The predicted molar refractivity (Wildman–Crippen MR) is 99.8 cm³/mol. The molecule has 0 aliphatic rings. The summed E-state index contributed by atoms with van der Waals surface area (Å²) in [6.45, 7) is -0.271. The van der Waals surface area contributed by atoms with Crippen LogP contribution in [0.25, 0.3) is 0 Å². The zero-order valence-electron chi connectivity index (χ0n) is 13.2. The van der Waals surface area contributed by atoms with Crippen molar-refractivity contribution in [2.45, 2.75) is 0 Å². The Kier molecular flexibility index (Phi) is 6.59. The number of nitrogens with zero attached hydrogens (tertiary/aromatic N) is 2. The van der Waals surface area contributed by atoms with Gasteiger partial charge in [0.2, 0.25) is 0 Å². The summed E-state index contributed by atoms with van der Waals surface area (Å²) < 4.78 is 11.0. The molecular formula is C17H14IN3O4. The van der Waals surface area contributed by atoms with Gasteiger partial charge in [-0.3, -0.25) is 4.79 Å². The summed E-state index contributed by atoms with van der Waals surface area (Å²) in [5.41, 5.74) is 3.33. The number of carbonyl (C=O) groups is 1. The van der Waals surface area contributed by atoms with E-state index < -0.39 is 5.91 Å². The number of ether oxygens (including phenoxy) is 2. The van der Waals surface area contributed by atoms with Crippen molar-refractivity contribution in [2.75, 3.05) is 13.7 Å². The Morgan fingerprint density at radius 2 is 2.16 bits per heavy atom. The molecule has 2 aromatic rings. The van der Waals surface area contributed by atoms with Gasteiger partial charge in [0.15, 0.2) is 18.1 Å². The lowest BCUT2D eigenvalue weighted by atomic mass is 10.2. The lowest BCUT2D eigenvalue weighted by molar-refractivity contribution is -0.123. The molecule has 7 nitrogen and oxygen atoms in total. The van der Waals surface area contributed by atoms with Crippen LogP contribution in [0.5, 0.6) is 17.2 Å². The number of aromatic hydroxyl groups is 1. The molecule has 2 N–H and O–H groups in total. The number of benzene rings is 2. The van der Waals surface area contributed by atoms with Gasteiger partial charge in [-0.1, -0.05) is 12.1 Å². The Morgan fingerprint density at radius 3 is 2.88 bits per heavy atom. The van der Waals surface area contributed by atoms with Crippen molar-refractivity contribution < 1.29 is 19.4 Å². The predicted octanol–water partition coefficient (Wildman–Crippen LogP) is 2.41. The van der Waals surface area contributed by atoms with Crippen molar-refractivity contribution in [2.24, 2.45) is 5.10 Å². The molecule has 2 rings (SSSR count). The average molecular weight is 451 g/mol. The Hall–Kier alpha value is -2.80. The number of hydrogen-bond donors (Lipinski definition) is 2. The van der Waals surface area contributed by atoms with E-state index in [9.17, 15) is 9.90 Å². The van der Waals surface area contributed by atoms with Crippen LogP contribution in [0.15, 0.2) is 41.5 Å². The highest BCUT2D eigenvalue weighted by atomic mass is 127. The van der Waals surface area contributed by atoms with E-state index in [0.717, 1.165) is 0 Å². The van der Waals surface area contributed by atoms with E-state index in [1.807, 2.05) is 28.7 Å². The molecule has 0 fully saturated rings. The van der Waals surface area contributed by atoms with E-state index in [0.29, 0.717) is 26.2 Å². The van der Waals surface area contributed by atoms with E-state index in [1.165, 1.54) is 13.3 Å². The van der Waals surface area contributed by atoms with Crippen molar-refractivity contribution in [3.8, 4) is 23.3 Å². The van der Waals surface area contributed by atoms with E-state index >= 15 is 0 Å². The number of para-hydroxylation sites is 1. The van der Waals surface area contributed by atoms with Crippen molar-refractivity contribution in [1.82, 2.24) is 5.43 Å². The number of nitrogens with one attached hydrogen (secondary N) is 1. The number of halogens is 1. The molecule has 0 aliphatic carbocycles. The van der Waals surface area contributed by atoms with Gasteiger partial charge in [0, 0.05) is 0 Å². The molecule has 8 heteroatoms. The first kappa shape index (κ1) is 18.5. The average Bonchev–Trinajstić information content (AvgIpc) is 2.62. The van der Waals surface area contributed by atoms with Gasteiger partial charge in [0.25, 0.3) is 5.91 Å². The minimum absolute atomic E-state index is 0.0499. The summed E-state index contributed by atoms with van der Waals surface area (Å²) in [7, 11) is 1.45. The number of nitriles is 1. The summed E-state index contributed by atoms with van der Waals surface area (Å²) >= 11 is 1.97. The number of phenolic OH excluding ortho intramolecular Hbond substituents is 1. The van der Waals surface area contributed by atoms with E-state index in [2.05, 4.69) is 10.5 Å². The van der Waals surface area contributed by atoms with E-state index in [-0.39, 0.29) is 12.4 Å². The fourth-order valence-corrected chi connectivity index (χ4v) is 2.49. The largest absolute Gasteiger partial charge is 0.504 e. The van der Waals surface area contributed by atoms with Gasteiger partial charge in [-0.15, -0.1) is 0 Å². The summed E-state index contributed by atoms with van der Waals surface area (Å²) in [4.78, 5) is 11.8. The maximum Gasteiger partial charge on any atom is 0.277 e. The fraction of sp³-hybridized carbons (Fsp3) is 0.118. The quantitative estimate of drug-likeness (QED) is 0.399. The second-order valence-electron chi connectivity index (χ2n) is 4.74. The highest BCUT2D eigenvalue weighted by Gasteiger charge is 2.08. The van der Waals surface area contributed by atoms with Gasteiger partial charge in [-0.05, 0) is 52.4 Å². The normalized spacial score (nSPS) is 10.3. The molecule has 0 aromatic heterocycles. The number of amides is 1. The van der Waals surface area contributed by atoms with Gasteiger partial charge in [-0.2, -0.15) is 10.4 Å². The van der Waals surface area contributed by atoms with E-state index in [4.69, 9.17) is 14.7 Å². The monoisotopic (exact) mass is 451 g/mol. The Bertz CT molecular complexity index is 846. The zero-order valence-corrected chi connectivity index (χ0v) is 15.4. The first-order valence-corrected chi connectivity index (χ1v) is 8.13. The smallest absolute Gasteiger partial charge is 0.277 e.